The topological polar surface area (TPSA) is 25.6 Å². The zero-order chi connectivity index (χ0) is 38.1. The minimum absolute atomic E-state index is 0.0767. The average molecular weight is 744 g/mol. The molecule has 3 nitrogen and oxygen atoms in total. The number of para-hydroxylation sites is 2. The fourth-order valence-electron chi connectivity index (χ4n) is 14.1. The van der Waals surface area contributed by atoms with E-state index in [0.29, 0.717) is 5.41 Å². The summed E-state index contributed by atoms with van der Waals surface area (Å²) in [6.07, 6.45) is 8.09. The lowest BCUT2D eigenvalue weighted by Gasteiger charge is -2.77. The molecular weight excluding hydrogens is 695 g/mol. The number of fused-ring (bicyclic) bond motifs is 11. The Morgan fingerprint density at radius 3 is 2.07 bits per heavy atom. The van der Waals surface area contributed by atoms with E-state index in [-0.39, 0.29) is 16.2 Å². The van der Waals surface area contributed by atoms with Crippen LogP contribution in [0.3, 0.4) is 0 Å². The number of anilines is 3. The predicted octanol–water partition coefficient (Wildman–Crippen LogP) is 14.5. The van der Waals surface area contributed by atoms with Crippen molar-refractivity contribution in [2.75, 3.05) is 4.90 Å². The molecule has 13 rings (SSSR count). The van der Waals surface area contributed by atoms with Gasteiger partial charge in [0.15, 0.2) is 0 Å². The van der Waals surface area contributed by atoms with Crippen molar-refractivity contribution in [1.29, 1.82) is 0 Å². The Kier molecular flexibility index (Phi) is 6.21. The summed E-state index contributed by atoms with van der Waals surface area (Å²) in [7, 11) is 0. The monoisotopic (exact) mass is 743 g/mol. The standard InChI is InChI=1S/C54H49NO2/c1-51(2)23-24-52(3,4)43-30-38(18-20-41(43)51)55(37-19-22-46-40(29-37)39-9-5-7-11-45(39)56-46)36-16-13-33(14-17-36)34-15-21-48-44(27-34)54(42-10-6-8-12-47(42)57-48)49-26-32-25-35-28-50(54)53(35,49)31-32/h5-22,27,29-30,32,35,49-50H,23-26,28,31H2,1-4H3. The summed E-state index contributed by atoms with van der Waals surface area (Å²) in [5.74, 6) is 5.50. The first kappa shape index (κ1) is 32.8. The summed E-state index contributed by atoms with van der Waals surface area (Å²) < 4.78 is 13.0. The fourth-order valence-corrected chi connectivity index (χ4v) is 14.1. The molecule has 4 fully saturated rings. The molecule has 0 N–H and O–H groups in total. The Balaban J connectivity index is 0.933. The molecule has 2 spiro atoms. The molecule has 1 aliphatic heterocycles. The van der Waals surface area contributed by atoms with Crippen molar-refractivity contribution in [1.82, 2.24) is 0 Å². The molecule has 1 aromatic heterocycles. The number of nitrogens with zero attached hydrogens (tertiary/aromatic N) is 1. The summed E-state index contributed by atoms with van der Waals surface area (Å²) in [6, 6.07) is 47.7. The van der Waals surface area contributed by atoms with Crippen LogP contribution in [-0.2, 0) is 16.2 Å². The highest BCUT2D eigenvalue weighted by Crippen LogP contribution is 2.89. The Hall–Kier alpha value is -5.28. The smallest absolute Gasteiger partial charge is 0.135 e. The maximum atomic E-state index is 6.74. The van der Waals surface area contributed by atoms with Gasteiger partial charge in [0.1, 0.15) is 22.7 Å². The normalized spacial score (nSPS) is 28.8. The molecule has 282 valence electrons. The molecule has 5 aliphatic carbocycles. The van der Waals surface area contributed by atoms with E-state index >= 15 is 0 Å². The highest BCUT2D eigenvalue weighted by atomic mass is 16.5. The molecule has 0 saturated heterocycles. The summed E-state index contributed by atoms with van der Waals surface area (Å²) in [6.45, 7) is 9.66. The Labute approximate surface area is 335 Å². The van der Waals surface area contributed by atoms with E-state index in [4.69, 9.17) is 9.15 Å². The lowest BCUT2D eigenvalue weighted by molar-refractivity contribution is -0.235. The van der Waals surface area contributed by atoms with Crippen molar-refractivity contribution < 1.29 is 9.15 Å². The summed E-state index contributed by atoms with van der Waals surface area (Å²) in [5.41, 5.74) is 14.6. The van der Waals surface area contributed by atoms with Gasteiger partial charge in [0.05, 0.1) is 0 Å². The van der Waals surface area contributed by atoms with Crippen molar-refractivity contribution in [2.24, 2.45) is 29.1 Å². The van der Waals surface area contributed by atoms with Crippen molar-refractivity contribution in [2.45, 2.75) is 82.5 Å². The van der Waals surface area contributed by atoms with Gasteiger partial charge in [0.2, 0.25) is 0 Å². The Morgan fingerprint density at radius 1 is 0.526 bits per heavy atom. The van der Waals surface area contributed by atoms with Gasteiger partial charge in [0, 0.05) is 44.4 Å². The molecule has 2 bridgehead atoms. The molecule has 6 atom stereocenters. The van der Waals surface area contributed by atoms with E-state index in [1.165, 1.54) is 77.6 Å². The molecular formula is C54H49NO2. The quantitative estimate of drug-likeness (QED) is 0.180. The second-order valence-corrected chi connectivity index (χ2v) is 20.0. The molecule has 6 aromatic carbocycles. The third kappa shape index (κ3) is 4.08. The van der Waals surface area contributed by atoms with Gasteiger partial charge in [-0.2, -0.15) is 0 Å². The van der Waals surface area contributed by atoms with Crippen LogP contribution >= 0.6 is 0 Å². The first-order valence-corrected chi connectivity index (χ1v) is 21.5. The van der Waals surface area contributed by atoms with Gasteiger partial charge in [0.25, 0.3) is 0 Å². The van der Waals surface area contributed by atoms with Gasteiger partial charge < -0.3 is 14.1 Å². The second kappa shape index (κ2) is 10.8. The third-order valence-corrected chi connectivity index (χ3v) is 16.7. The van der Waals surface area contributed by atoms with Crippen molar-refractivity contribution in [3.05, 3.63) is 150 Å². The number of furan rings is 1. The zero-order valence-corrected chi connectivity index (χ0v) is 33.4. The zero-order valence-electron chi connectivity index (χ0n) is 33.4. The molecule has 57 heavy (non-hydrogen) atoms. The lowest BCUT2D eigenvalue weighted by atomic mass is 9.26. The number of ether oxygens (including phenoxy) is 1. The summed E-state index contributed by atoms with van der Waals surface area (Å²) >= 11 is 0. The van der Waals surface area contributed by atoms with E-state index in [2.05, 4.69) is 154 Å². The number of rotatable bonds is 4. The van der Waals surface area contributed by atoms with Crippen LogP contribution in [0.2, 0.25) is 0 Å². The van der Waals surface area contributed by atoms with Crippen LogP contribution in [0.15, 0.2) is 132 Å². The molecule has 0 radical (unpaired) electrons. The average Bonchev–Trinajstić information content (AvgIpc) is 3.89. The van der Waals surface area contributed by atoms with Crippen molar-refractivity contribution >= 4 is 39.0 Å². The molecule has 6 unspecified atom stereocenters. The Bertz CT molecular complexity index is 2840. The minimum atomic E-state index is 0.0767. The van der Waals surface area contributed by atoms with E-state index in [1.54, 1.807) is 0 Å². The van der Waals surface area contributed by atoms with Gasteiger partial charge >= 0.3 is 0 Å². The van der Waals surface area contributed by atoms with E-state index < -0.39 is 0 Å². The fraction of sp³-hybridized carbons (Fsp3) is 0.333. The lowest BCUT2D eigenvalue weighted by Crippen LogP contribution is -2.74. The number of hydrogen-bond acceptors (Lipinski definition) is 3. The number of hydrogen-bond donors (Lipinski definition) is 0. The summed E-state index contributed by atoms with van der Waals surface area (Å²) in [5, 5.41) is 2.29. The molecule has 2 heterocycles. The van der Waals surface area contributed by atoms with Gasteiger partial charge in [-0.1, -0.05) is 88.4 Å². The largest absolute Gasteiger partial charge is 0.457 e. The van der Waals surface area contributed by atoms with Gasteiger partial charge in [-0.3, -0.25) is 0 Å². The maximum Gasteiger partial charge on any atom is 0.135 e. The van der Waals surface area contributed by atoms with Crippen molar-refractivity contribution in [3.63, 3.8) is 0 Å². The van der Waals surface area contributed by atoms with Crippen LogP contribution in [0.5, 0.6) is 11.5 Å². The van der Waals surface area contributed by atoms with Crippen LogP contribution in [-0.4, -0.2) is 0 Å². The highest BCUT2D eigenvalue weighted by molar-refractivity contribution is 6.06. The van der Waals surface area contributed by atoms with E-state index in [0.717, 1.165) is 68.5 Å². The first-order valence-electron chi connectivity index (χ1n) is 21.5. The van der Waals surface area contributed by atoms with Crippen LogP contribution in [0.4, 0.5) is 17.1 Å². The molecule has 4 saturated carbocycles. The van der Waals surface area contributed by atoms with Crippen LogP contribution in [0.25, 0.3) is 33.1 Å². The predicted molar refractivity (Wildman–Crippen MR) is 231 cm³/mol. The second-order valence-electron chi connectivity index (χ2n) is 20.0. The summed E-state index contributed by atoms with van der Waals surface area (Å²) in [4.78, 5) is 2.45. The SMILES string of the molecule is CC1(C)CCC(C)(C)c2cc(N(c3ccc(-c4ccc5c(c4)C4(c6ccccc6O5)C5CC6CC7CC4C75C6)cc3)c3ccc4oc5ccccc5c4c3)ccc21. The van der Waals surface area contributed by atoms with Gasteiger partial charge in [-0.25, -0.2) is 0 Å². The van der Waals surface area contributed by atoms with Crippen LogP contribution in [0, 0.1) is 29.1 Å². The first-order chi connectivity index (χ1) is 27.6. The minimum Gasteiger partial charge on any atom is -0.457 e. The van der Waals surface area contributed by atoms with E-state index in [1.807, 2.05) is 6.07 Å². The van der Waals surface area contributed by atoms with Crippen LogP contribution < -0.4 is 9.64 Å². The van der Waals surface area contributed by atoms with Crippen LogP contribution in [0.1, 0.15) is 88.5 Å². The highest BCUT2D eigenvalue weighted by Gasteiger charge is 2.84. The molecule has 0 amide bonds. The Morgan fingerprint density at radius 2 is 1.21 bits per heavy atom. The molecule has 7 aromatic rings. The van der Waals surface area contributed by atoms with E-state index in [9.17, 15) is 0 Å². The van der Waals surface area contributed by atoms with Crippen molar-refractivity contribution in [3.8, 4) is 22.6 Å². The van der Waals surface area contributed by atoms with Gasteiger partial charge in [-0.05, 0) is 167 Å². The third-order valence-electron chi connectivity index (χ3n) is 16.7. The molecule has 3 heteroatoms. The maximum absolute atomic E-state index is 6.74. The molecule has 6 aliphatic rings. The van der Waals surface area contributed by atoms with Gasteiger partial charge in [-0.15, -0.1) is 0 Å². The number of benzene rings is 6.